The topological polar surface area (TPSA) is 20.2 Å². The molecule has 0 atom stereocenters. The van der Waals surface area contributed by atoms with Crippen LogP contribution in [0.25, 0.3) is 0 Å². The van der Waals surface area contributed by atoms with E-state index in [2.05, 4.69) is 0 Å². The molecule has 0 aliphatic rings. The first-order valence-corrected chi connectivity index (χ1v) is 2.13. The van der Waals surface area contributed by atoms with E-state index in [-0.39, 0.29) is 20.4 Å². The van der Waals surface area contributed by atoms with Crippen LogP contribution in [0.4, 0.5) is 0 Å². The van der Waals surface area contributed by atoms with Crippen LogP contribution in [0.2, 0.25) is 0 Å². The molecule has 1 aromatic rings. The SMILES string of the molecule is Oc1ccccc1.[Re]. The van der Waals surface area contributed by atoms with E-state index in [4.69, 9.17) is 5.11 Å². The molecular weight excluding hydrogens is 274 g/mol. The Bertz CT molecular complexity index is 138. The van der Waals surface area contributed by atoms with Crippen molar-refractivity contribution in [2.45, 2.75) is 0 Å². The van der Waals surface area contributed by atoms with Crippen molar-refractivity contribution in [1.82, 2.24) is 0 Å². The number of rotatable bonds is 0. The molecule has 0 saturated carbocycles. The normalized spacial score (nSPS) is 7.50. The van der Waals surface area contributed by atoms with Crippen LogP contribution in [0, 0.1) is 0 Å². The molecule has 2 heteroatoms. The van der Waals surface area contributed by atoms with Gasteiger partial charge in [0.25, 0.3) is 0 Å². The van der Waals surface area contributed by atoms with Crippen molar-refractivity contribution in [1.29, 1.82) is 0 Å². The van der Waals surface area contributed by atoms with Gasteiger partial charge in [0.05, 0.1) is 0 Å². The Morgan fingerprint density at radius 1 is 1.00 bits per heavy atom. The Morgan fingerprint density at radius 2 is 1.50 bits per heavy atom. The average Bonchev–Trinajstić information content (AvgIpc) is 1.69. The Balaban J connectivity index is 0.000000490. The van der Waals surface area contributed by atoms with Gasteiger partial charge in [-0.25, -0.2) is 0 Å². The number of aromatic hydroxyl groups is 1. The Morgan fingerprint density at radius 3 is 1.75 bits per heavy atom. The second-order valence-electron chi connectivity index (χ2n) is 1.34. The van der Waals surface area contributed by atoms with Gasteiger partial charge in [0.15, 0.2) is 0 Å². The minimum absolute atomic E-state index is 0. The van der Waals surface area contributed by atoms with E-state index in [9.17, 15) is 0 Å². The Kier molecular flexibility index (Phi) is 3.51. The number of benzene rings is 1. The van der Waals surface area contributed by atoms with Crippen LogP contribution in [-0.4, -0.2) is 5.11 Å². The summed E-state index contributed by atoms with van der Waals surface area (Å²) < 4.78 is 0. The zero-order valence-electron chi connectivity index (χ0n) is 4.21. The zero-order chi connectivity index (χ0) is 5.11. The van der Waals surface area contributed by atoms with Gasteiger partial charge in [-0.2, -0.15) is 0 Å². The standard InChI is InChI=1S/C6H6O.Re/c7-6-4-2-1-3-5-6;/h1-5,7H;. The predicted molar refractivity (Wildman–Crippen MR) is 28.1 cm³/mol. The predicted octanol–water partition coefficient (Wildman–Crippen LogP) is 1.39. The molecule has 0 amide bonds. The summed E-state index contributed by atoms with van der Waals surface area (Å²) in [5.74, 6) is 0.322. The third-order valence-corrected chi connectivity index (χ3v) is 0.756. The molecule has 8 heavy (non-hydrogen) atoms. The van der Waals surface area contributed by atoms with Crippen LogP contribution in [-0.2, 0) is 20.4 Å². The minimum atomic E-state index is 0. The van der Waals surface area contributed by atoms with E-state index in [0.29, 0.717) is 5.75 Å². The first-order chi connectivity index (χ1) is 3.39. The Labute approximate surface area is 62.0 Å². The number of hydrogen-bond donors (Lipinski definition) is 1. The molecule has 0 aromatic heterocycles. The van der Waals surface area contributed by atoms with Crippen molar-refractivity contribution in [3.63, 3.8) is 0 Å². The maximum absolute atomic E-state index is 8.63. The minimum Gasteiger partial charge on any atom is -0.508 e. The summed E-state index contributed by atoms with van der Waals surface area (Å²) in [5, 5.41) is 8.63. The quantitative estimate of drug-likeness (QED) is 0.761. The molecule has 1 radical (unpaired) electrons. The van der Waals surface area contributed by atoms with E-state index in [1.807, 2.05) is 6.07 Å². The van der Waals surface area contributed by atoms with Gasteiger partial charge >= 0.3 is 0 Å². The summed E-state index contributed by atoms with van der Waals surface area (Å²) in [4.78, 5) is 0. The molecular formula is C6H6ORe. The largest absolute Gasteiger partial charge is 0.508 e. The van der Waals surface area contributed by atoms with Gasteiger partial charge in [0, 0.05) is 20.4 Å². The molecule has 0 fully saturated rings. The molecule has 0 saturated heterocycles. The third-order valence-electron chi connectivity index (χ3n) is 0.756. The van der Waals surface area contributed by atoms with Crippen LogP contribution in [0.3, 0.4) is 0 Å². The number of phenolic OH excluding ortho intramolecular Hbond substituents is 1. The maximum atomic E-state index is 8.63. The molecule has 0 unspecified atom stereocenters. The van der Waals surface area contributed by atoms with Crippen molar-refractivity contribution in [3.05, 3.63) is 30.3 Å². The van der Waals surface area contributed by atoms with E-state index in [0.717, 1.165) is 0 Å². The maximum Gasteiger partial charge on any atom is 0.115 e. The molecule has 0 heterocycles. The second-order valence-corrected chi connectivity index (χ2v) is 1.34. The van der Waals surface area contributed by atoms with Crippen LogP contribution < -0.4 is 0 Å². The van der Waals surface area contributed by atoms with Gasteiger partial charge in [-0.15, -0.1) is 0 Å². The monoisotopic (exact) mass is 281 g/mol. The fraction of sp³-hybridized carbons (Fsp3) is 0. The van der Waals surface area contributed by atoms with Crippen LogP contribution in [0.15, 0.2) is 30.3 Å². The van der Waals surface area contributed by atoms with Crippen molar-refractivity contribution in [2.75, 3.05) is 0 Å². The molecule has 0 aliphatic carbocycles. The van der Waals surface area contributed by atoms with Crippen molar-refractivity contribution >= 4 is 0 Å². The molecule has 1 N–H and O–H groups in total. The zero-order valence-corrected chi connectivity index (χ0v) is 6.93. The van der Waals surface area contributed by atoms with Gasteiger partial charge in [-0.05, 0) is 12.1 Å². The van der Waals surface area contributed by atoms with E-state index in [1.54, 1.807) is 24.3 Å². The second kappa shape index (κ2) is 3.66. The first-order valence-electron chi connectivity index (χ1n) is 2.13. The Hall–Kier alpha value is -0.318. The van der Waals surface area contributed by atoms with Gasteiger partial charge in [0.2, 0.25) is 0 Å². The van der Waals surface area contributed by atoms with Crippen LogP contribution in [0.5, 0.6) is 5.75 Å². The van der Waals surface area contributed by atoms with Crippen molar-refractivity contribution in [3.8, 4) is 5.75 Å². The summed E-state index contributed by atoms with van der Waals surface area (Å²) in [6.07, 6.45) is 0. The van der Waals surface area contributed by atoms with Gasteiger partial charge in [0.1, 0.15) is 5.75 Å². The molecule has 1 rings (SSSR count). The van der Waals surface area contributed by atoms with E-state index >= 15 is 0 Å². The summed E-state index contributed by atoms with van der Waals surface area (Å²) >= 11 is 0. The van der Waals surface area contributed by atoms with Crippen LogP contribution >= 0.6 is 0 Å². The number of para-hydroxylation sites is 1. The van der Waals surface area contributed by atoms with E-state index < -0.39 is 0 Å². The summed E-state index contributed by atoms with van der Waals surface area (Å²) in [6.45, 7) is 0. The molecule has 0 spiro atoms. The molecule has 43 valence electrons. The first kappa shape index (κ1) is 7.68. The fourth-order valence-corrected chi connectivity index (χ4v) is 0.428. The van der Waals surface area contributed by atoms with Crippen molar-refractivity contribution < 1.29 is 25.5 Å². The average molecular weight is 280 g/mol. The molecule has 0 bridgehead atoms. The molecule has 0 aliphatic heterocycles. The van der Waals surface area contributed by atoms with Gasteiger partial charge in [-0.1, -0.05) is 18.2 Å². The molecule has 1 nitrogen and oxygen atoms in total. The van der Waals surface area contributed by atoms with Gasteiger partial charge in [-0.3, -0.25) is 0 Å². The summed E-state index contributed by atoms with van der Waals surface area (Å²) in [6, 6.07) is 8.71. The van der Waals surface area contributed by atoms with Crippen molar-refractivity contribution in [2.24, 2.45) is 0 Å². The third kappa shape index (κ3) is 2.11. The van der Waals surface area contributed by atoms with Crippen LogP contribution in [0.1, 0.15) is 0 Å². The smallest absolute Gasteiger partial charge is 0.115 e. The summed E-state index contributed by atoms with van der Waals surface area (Å²) in [7, 11) is 0. The number of phenols is 1. The fourth-order valence-electron chi connectivity index (χ4n) is 0.428. The van der Waals surface area contributed by atoms with E-state index in [1.165, 1.54) is 0 Å². The molecule has 1 aromatic carbocycles. The summed E-state index contributed by atoms with van der Waals surface area (Å²) in [5.41, 5.74) is 0. The van der Waals surface area contributed by atoms with Gasteiger partial charge < -0.3 is 5.11 Å². The number of hydrogen-bond acceptors (Lipinski definition) is 1.